The topological polar surface area (TPSA) is 104 Å². The Bertz CT molecular complexity index is 1160. The first-order chi connectivity index (χ1) is 14.1. The minimum atomic E-state index is -0.402. The summed E-state index contributed by atoms with van der Waals surface area (Å²) in [4.78, 5) is 24.2. The second kappa shape index (κ2) is 7.72. The summed E-state index contributed by atoms with van der Waals surface area (Å²) < 4.78 is 20.7. The molecule has 3 N–H and O–H groups in total. The Hall–Kier alpha value is -3.72. The highest BCUT2D eigenvalue weighted by Crippen LogP contribution is 2.33. The second-order valence-electron chi connectivity index (χ2n) is 6.51. The van der Waals surface area contributed by atoms with Gasteiger partial charge in [-0.25, -0.2) is 18.4 Å². The van der Waals surface area contributed by atoms with Crippen LogP contribution in [0.5, 0.6) is 5.75 Å². The van der Waals surface area contributed by atoms with Crippen LogP contribution in [0.1, 0.15) is 0 Å². The zero-order valence-corrected chi connectivity index (χ0v) is 15.3. The van der Waals surface area contributed by atoms with Gasteiger partial charge in [-0.1, -0.05) is 18.2 Å². The summed E-state index contributed by atoms with van der Waals surface area (Å²) in [5.41, 5.74) is 8.21. The largest absolute Gasteiger partial charge is 0.482 e. The van der Waals surface area contributed by atoms with E-state index in [4.69, 9.17) is 10.5 Å². The summed E-state index contributed by atoms with van der Waals surface area (Å²) in [6.45, 7) is -0.00882. The molecule has 2 aromatic carbocycles. The molecule has 0 saturated heterocycles. The summed E-state index contributed by atoms with van der Waals surface area (Å²) >= 11 is 0. The number of hydrogen-bond donors (Lipinski definition) is 2. The fourth-order valence-electron chi connectivity index (χ4n) is 3.06. The first-order valence-corrected chi connectivity index (χ1v) is 8.89. The standard InChI is InChI=1S/C20H18FN5O3/c21-8-13(9-22)10-26-20(28)25(12-23-26)16-3-1-2-14(6-16)15-4-5-18-17(7-15)24-19(27)11-29-18/h1-8,12H,9-11,22H2,(H,24,27)/b13-8+. The van der Waals surface area contributed by atoms with Gasteiger partial charge in [-0.05, 0) is 41.0 Å². The number of amides is 1. The van der Waals surface area contributed by atoms with Crippen LogP contribution in [0.2, 0.25) is 0 Å². The number of carbonyl (C=O) groups is 1. The predicted molar refractivity (Wildman–Crippen MR) is 106 cm³/mol. The fraction of sp³-hybridized carbons (Fsp3) is 0.150. The van der Waals surface area contributed by atoms with Crippen LogP contribution in [0.4, 0.5) is 10.1 Å². The van der Waals surface area contributed by atoms with Crippen molar-refractivity contribution in [1.29, 1.82) is 0 Å². The van der Waals surface area contributed by atoms with Crippen molar-refractivity contribution in [2.45, 2.75) is 6.54 Å². The third-order valence-corrected chi connectivity index (χ3v) is 4.57. The molecule has 0 spiro atoms. The van der Waals surface area contributed by atoms with Gasteiger partial charge in [0, 0.05) is 6.54 Å². The summed E-state index contributed by atoms with van der Waals surface area (Å²) in [5.74, 6) is 0.403. The number of aromatic nitrogens is 3. The van der Waals surface area contributed by atoms with Crippen LogP contribution < -0.4 is 21.5 Å². The molecule has 29 heavy (non-hydrogen) atoms. The van der Waals surface area contributed by atoms with Gasteiger partial charge >= 0.3 is 5.69 Å². The van der Waals surface area contributed by atoms with E-state index in [1.165, 1.54) is 10.9 Å². The van der Waals surface area contributed by atoms with Gasteiger partial charge in [-0.15, -0.1) is 0 Å². The molecule has 1 aliphatic heterocycles. The van der Waals surface area contributed by atoms with E-state index in [1.54, 1.807) is 12.1 Å². The average Bonchev–Trinajstić information content (AvgIpc) is 3.11. The molecule has 8 nitrogen and oxygen atoms in total. The number of anilines is 1. The molecule has 1 aromatic heterocycles. The number of rotatable bonds is 5. The normalized spacial score (nSPS) is 13.6. The Morgan fingerprint density at radius 2 is 2.07 bits per heavy atom. The molecule has 148 valence electrons. The summed E-state index contributed by atoms with van der Waals surface area (Å²) in [6, 6.07) is 12.8. The first kappa shape index (κ1) is 18.6. The van der Waals surface area contributed by atoms with Crippen molar-refractivity contribution in [2.24, 2.45) is 5.73 Å². The smallest absolute Gasteiger partial charge is 0.350 e. The molecule has 0 unspecified atom stereocenters. The lowest BCUT2D eigenvalue weighted by Gasteiger charge is -2.18. The van der Waals surface area contributed by atoms with E-state index in [0.717, 1.165) is 15.8 Å². The lowest BCUT2D eigenvalue weighted by Crippen LogP contribution is -2.26. The van der Waals surface area contributed by atoms with Crippen molar-refractivity contribution in [3.8, 4) is 22.6 Å². The number of halogens is 1. The summed E-state index contributed by atoms with van der Waals surface area (Å²) in [6.07, 6.45) is 1.78. The van der Waals surface area contributed by atoms with Gasteiger partial charge in [0.15, 0.2) is 6.61 Å². The highest BCUT2D eigenvalue weighted by atomic mass is 19.1. The van der Waals surface area contributed by atoms with Gasteiger partial charge < -0.3 is 15.8 Å². The molecule has 4 rings (SSSR count). The van der Waals surface area contributed by atoms with Gasteiger partial charge in [-0.3, -0.25) is 4.79 Å². The number of benzene rings is 2. The van der Waals surface area contributed by atoms with Crippen molar-refractivity contribution in [2.75, 3.05) is 18.5 Å². The highest BCUT2D eigenvalue weighted by Gasteiger charge is 2.16. The van der Waals surface area contributed by atoms with Gasteiger partial charge in [-0.2, -0.15) is 5.10 Å². The van der Waals surface area contributed by atoms with Crippen LogP contribution in [0.3, 0.4) is 0 Å². The monoisotopic (exact) mass is 395 g/mol. The van der Waals surface area contributed by atoms with E-state index in [0.29, 0.717) is 23.5 Å². The zero-order valence-electron chi connectivity index (χ0n) is 15.3. The van der Waals surface area contributed by atoms with E-state index >= 15 is 0 Å². The Balaban J connectivity index is 1.67. The summed E-state index contributed by atoms with van der Waals surface area (Å²) in [7, 11) is 0. The van der Waals surface area contributed by atoms with Gasteiger partial charge in [0.2, 0.25) is 0 Å². The van der Waals surface area contributed by atoms with Crippen LogP contribution in [0.25, 0.3) is 16.8 Å². The average molecular weight is 395 g/mol. The molecule has 2 heterocycles. The Morgan fingerprint density at radius 1 is 1.24 bits per heavy atom. The van der Waals surface area contributed by atoms with E-state index in [-0.39, 0.29) is 31.2 Å². The minimum Gasteiger partial charge on any atom is -0.482 e. The number of ether oxygens (including phenoxy) is 1. The number of nitrogens with zero attached hydrogens (tertiary/aromatic N) is 3. The minimum absolute atomic E-state index is 0.00178. The molecule has 0 fully saturated rings. The number of hydrogen-bond acceptors (Lipinski definition) is 5. The van der Waals surface area contributed by atoms with Gasteiger partial charge in [0.05, 0.1) is 24.2 Å². The van der Waals surface area contributed by atoms with Crippen molar-refractivity contribution in [3.63, 3.8) is 0 Å². The van der Waals surface area contributed by atoms with Crippen LogP contribution in [0, 0.1) is 0 Å². The quantitative estimate of drug-likeness (QED) is 0.686. The van der Waals surface area contributed by atoms with Gasteiger partial charge in [0.1, 0.15) is 12.1 Å². The second-order valence-corrected chi connectivity index (χ2v) is 6.51. The molecular formula is C20H18FN5O3. The third-order valence-electron chi connectivity index (χ3n) is 4.57. The molecular weight excluding hydrogens is 377 g/mol. The predicted octanol–water partition coefficient (Wildman–Crippen LogP) is 1.84. The Labute approximate surface area is 165 Å². The third kappa shape index (κ3) is 3.67. The molecule has 0 radical (unpaired) electrons. The number of nitrogens with one attached hydrogen (secondary N) is 1. The lowest BCUT2D eigenvalue weighted by atomic mass is 10.0. The maximum absolute atomic E-state index is 12.8. The van der Waals surface area contributed by atoms with Crippen molar-refractivity contribution < 1.29 is 13.9 Å². The van der Waals surface area contributed by atoms with E-state index in [1.807, 2.05) is 30.3 Å². The molecule has 0 bridgehead atoms. The molecule has 0 saturated carbocycles. The van der Waals surface area contributed by atoms with Crippen molar-refractivity contribution >= 4 is 11.6 Å². The molecule has 0 aliphatic carbocycles. The van der Waals surface area contributed by atoms with Gasteiger partial charge in [0.25, 0.3) is 5.91 Å². The highest BCUT2D eigenvalue weighted by molar-refractivity contribution is 5.96. The van der Waals surface area contributed by atoms with Crippen LogP contribution in [0.15, 0.2) is 65.5 Å². The molecule has 1 amide bonds. The van der Waals surface area contributed by atoms with Crippen molar-refractivity contribution in [1.82, 2.24) is 14.3 Å². The van der Waals surface area contributed by atoms with Crippen LogP contribution in [-0.4, -0.2) is 33.4 Å². The number of fused-ring (bicyclic) bond motifs is 1. The fourth-order valence-corrected chi connectivity index (χ4v) is 3.06. The van der Waals surface area contributed by atoms with Crippen LogP contribution in [-0.2, 0) is 11.3 Å². The SMILES string of the molecule is NC/C(=C\F)Cn1ncn(-c2cccc(-c3ccc4c(c3)NC(=O)CO4)c2)c1=O. The number of carbonyl (C=O) groups excluding carboxylic acids is 1. The molecule has 0 atom stereocenters. The molecule has 1 aliphatic rings. The first-order valence-electron chi connectivity index (χ1n) is 8.89. The van der Waals surface area contributed by atoms with E-state index in [9.17, 15) is 14.0 Å². The molecule has 3 aromatic rings. The van der Waals surface area contributed by atoms with Crippen LogP contribution >= 0.6 is 0 Å². The number of nitrogens with two attached hydrogens (primary N) is 1. The zero-order chi connectivity index (χ0) is 20.4. The molecule has 9 heteroatoms. The maximum atomic E-state index is 12.8. The summed E-state index contributed by atoms with van der Waals surface area (Å²) in [5, 5.41) is 6.82. The lowest BCUT2D eigenvalue weighted by molar-refractivity contribution is -0.118. The van der Waals surface area contributed by atoms with Crippen molar-refractivity contribution in [3.05, 3.63) is 71.2 Å². The van der Waals surface area contributed by atoms with E-state index in [2.05, 4.69) is 10.4 Å². The Morgan fingerprint density at radius 3 is 2.86 bits per heavy atom. The van der Waals surface area contributed by atoms with E-state index < -0.39 is 5.69 Å². The maximum Gasteiger partial charge on any atom is 0.350 e. The Kier molecular flexibility index (Phi) is 4.96.